The summed E-state index contributed by atoms with van der Waals surface area (Å²) in [4.78, 5) is 4.18. The maximum atomic E-state index is 14.7. The molecule has 0 aliphatic heterocycles. The highest BCUT2D eigenvalue weighted by Gasteiger charge is 2.36. The number of halogens is 6. The van der Waals surface area contributed by atoms with Crippen molar-refractivity contribution >= 4 is 77.7 Å². The van der Waals surface area contributed by atoms with Crippen LogP contribution in [0.25, 0.3) is 77.2 Å². The molecule has 12 heteroatoms. The first-order chi connectivity index (χ1) is 39.9. The summed E-state index contributed by atoms with van der Waals surface area (Å²) in [6.45, 7) is 0. The van der Waals surface area contributed by atoms with Crippen molar-refractivity contribution in [2.45, 2.75) is 12.4 Å². The van der Waals surface area contributed by atoms with Gasteiger partial charge in [-0.2, -0.15) is 36.9 Å². The van der Waals surface area contributed by atoms with Crippen molar-refractivity contribution in [3.63, 3.8) is 0 Å². The number of fused-ring (bicyclic) bond motifs is 6. The molecule has 0 spiro atoms. The standard InChI is InChI=1S/C70H42F6N6/c71-69(72,73)47-33-39-63-57(41-47)55-25-13-15-27-61(55)81(63)67-59(43-77)65(45-29-35-53(36-30-45)79(49-17-5-1-6-18-49)50-19-7-2-8-20-50)66(46-31-37-54(38-32-46)80(51-21-9-3-10-22-51)52-23-11-4-12-24-52)60(44-78)68(67)82-62-28-16-14-26-56(62)58-42-48(70(74,75)76)34-40-64(58)82/h1-42H. The summed E-state index contributed by atoms with van der Waals surface area (Å²) in [5.74, 6) is 0. The lowest BCUT2D eigenvalue weighted by molar-refractivity contribution is -0.138. The van der Waals surface area contributed by atoms with Gasteiger partial charge in [-0.15, -0.1) is 0 Å². The Kier molecular flexibility index (Phi) is 12.4. The van der Waals surface area contributed by atoms with Crippen molar-refractivity contribution in [3.8, 4) is 45.8 Å². The van der Waals surface area contributed by atoms with Crippen molar-refractivity contribution in [3.05, 3.63) is 277 Å². The van der Waals surface area contributed by atoms with E-state index in [1.807, 2.05) is 170 Å². The van der Waals surface area contributed by atoms with Crippen LogP contribution in [0.15, 0.2) is 255 Å². The fourth-order valence-electron chi connectivity index (χ4n) is 11.5. The zero-order chi connectivity index (χ0) is 56.3. The highest BCUT2D eigenvalue weighted by Crippen LogP contribution is 2.51. The molecule has 0 bridgehead atoms. The minimum Gasteiger partial charge on any atom is -0.311 e. The second kappa shape index (κ2) is 20.1. The third kappa shape index (κ3) is 8.62. The van der Waals surface area contributed by atoms with Crippen LogP contribution < -0.4 is 9.80 Å². The van der Waals surface area contributed by atoms with Crippen LogP contribution in [0.4, 0.5) is 60.5 Å². The smallest absolute Gasteiger partial charge is 0.311 e. The molecule has 13 rings (SSSR count). The molecule has 2 heterocycles. The molecule has 13 aromatic rings. The largest absolute Gasteiger partial charge is 0.416 e. The molecule has 0 fully saturated rings. The number of alkyl halides is 6. The van der Waals surface area contributed by atoms with E-state index in [-0.39, 0.29) is 44.3 Å². The van der Waals surface area contributed by atoms with Gasteiger partial charge >= 0.3 is 12.4 Å². The number of aromatic nitrogens is 2. The minimum atomic E-state index is -4.71. The summed E-state index contributed by atoms with van der Waals surface area (Å²) in [7, 11) is 0. The van der Waals surface area contributed by atoms with E-state index >= 15 is 0 Å². The van der Waals surface area contributed by atoms with Gasteiger partial charge in [0.15, 0.2) is 0 Å². The third-order valence-electron chi connectivity index (χ3n) is 15.0. The van der Waals surface area contributed by atoms with Crippen LogP contribution in [0, 0.1) is 22.7 Å². The first kappa shape index (κ1) is 50.7. The van der Waals surface area contributed by atoms with E-state index < -0.39 is 23.5 Å². The molecule has 394 valence electrons. The molecule has 0 unspecified atom stereocenters. The molecular formula is C70H42F6N6. The maximum absolute atomic E-state index is 14.7. The number of hydrogen-bond acceptors (Lipinski definition) is 4. The van der Waals surface area contributed by atoms with Crippen LogP contribution in [0.1, 0.15) is 22.3 Å². The molecule has 0 aliphatic carbocycles. The Morgan fingerprint density at radius 3 is 0.890 bits per heavy atom. The molecule has 6 nitrogen and oxygen atoms in total. The van der Waals surface area contributed by atoms with Gasteiger partial charge in [-0.25, -0.2) is 0 Å². The number of hydrogen-bond donors (Lipinski definition) is 0. The van der Waals surface area contributed by atoms with Crippen molar-refractivity contribution in [1.82, 2.24) is 9.13 Å². The Bertz CT molecular complexity index is 4280. The highest BCUT2D eigenvalue weighted by atomic mass is 19.4. The van der Waals surface area contributed by atoms with Crippen molar-refractivity contribution < 1.29 is 26.3 Å². The van der Waals surface area contributed by atoms with Gasteiger partial charge in [0.2, 0.25) is 0 Å². The third-order valence-corrected chi connectivity index (χ3v) is 15.0. The summed E-state index contributed by atoms with van der Waals surface area (Å²) in [5, 5.41) is 25.8. The van der Waals surface area contributed by atoms with E-state index in [2.05, 4.69) is 21.9 Å². The summed E-state index contributed by atoms with van der Waals surface area (Å²) in [6, 6.07) is 80.5. The lowest BCUT2D eigenvalue weighted by Gasteiger charge is -2.27. The van der Waals surface area contributed by atoms with Crippen LogP contribution >= 0.6 is 0 Å². The quantitative estimate of drug-likeness (QED) is 0.128. The van der Waals surface area contributed by atoms with E-state index in [1.54, 1.807) is 57.7 Å². The molecule has 0 saturated heterocycles. The topological polar surface area (TPSA) is 63.9 Å². The van der Waals surface area contributed by atoms with Crippen molar-refractivity contribution in [2.75, 3.05) is 9.80 Å². The van der Waals surface area contributed by atoms with Gasteiger partial charge < -0.3 is 18.9 Å². The molecule has 82 heavy (non-hydrogen) atoms. The predicted octanol–water partition coefficient (Wildman–Crippen LogP) is 19.9. The molecule has 0 amide bonds. The molecule has 0 N–H and O–H groups in total. The van der Waals surface area contributed by atoms with Gasteiger partial charge in [0, 0.05) is 66.8 Å². The fourth-order valence-corrected chi connectivity index (χ4v) is 11.5. The van der Waals surface area contributed by atoms with Crippen LogP contribution in [0.5, 0.6) is 0 Å². The van der Waals surface area contributed by atoms with Crippen LogP contribution in [0.3, 0.4) is 0 Å². The van der Waals surface area contributed by atoms with Crippen molar-refractivity contribution in [2.24, 2.45) is 0 Å². The van der Waals surface area contributed by atoms with Crippen LogP contribution in [0.2, 0.25) is 0 Å². The van der Waals surface area contributed by atoms with E-state index in [4.69, 9.17) is 0 Å². The minimum absolute atomic E-state index is 0.0411. The molecule has 0 saturated carbocycles. The number of benzene rings is 11. The van der Waals surface area contributed by atoms with E-state index in [0.717, 1.165) is 58.4 Å². The Labute approximate surface area is 466 Å². The van der Waals surface area contributed by atoms with Gasteiger partial charge in [-0.3, -0.25) is 0 Å². The number of nitrogens with zero attached hydrogens (tertiary/aromatic N) is 6. The fraction of sp³-hybridized carbons (Fsp3) is 0.0286. The Morgan fingerprint density at radius 2 is 0.585 bits per heavy atom. The summed E-state index contributed by atoms with van der Waals surface area (Å²) in [5.41, 5.74) is 6.77. The summed E-state index contributed by atoms with van der Waals surface area (Å²) in [6.07, 6.45) is -9.42. The summed E-state index contributed by atoms with van der Waals surface area (Å²) >= 11 is 0. The molecular weight excluding hydrogens is 1040 g/mol. The van der Waals surface area contributed by atoms with Gasteiger partial charge in [-0.1, -0.05) is 133 Å². The van der Waals surface area contributed by atoms with Crippen LogP contribution in [-0.4, -0.2) is 9.13 Å². The van der Waals surface area contributed by atoms with Crippen molar-refractivity contribution in [1.29, 1.82) is 10.5 Å². The van der Waals surface area contributed by atoms with Gasteiger partial charge in [0.25, 0.3) is 0 Å². The van der Waals surface area contributed by atoms with E-state index in [9.17, 15) is 36.9 Å². The van der Waals surface area contributed by atoms with Gasteiger partial charge in [-0.05, 0) is 132 Å². The second-order valence-electron chi connectivity index (χ2n) is 19.7. The predicted molar refractivity (Wildman–Crippen MR) is 315 cm³/mol. The van der Waals surface area contributed by atoms with E-state index in [1.165, 1.54) is 12.1 Å². The maximum Gasteiger partial charge on any atom is 0.416 e. The zero-order valence-corrected chi connectivity index (χ0v) is 43.2. The van der Waals surface area contributed by atoms with E-state index in [0.29, 0.717) is 44.1 Å². The average molecular weight is 1080 g/mol. The van der Waals surface area contributed by atoms with Crippen LogP contribution in [-0.2, 0) is 12.4 Å². The average Bonchev–Trinajstić information content (AvgIpc) is 3.77. The first-order valence-corrected chi connectivity index (χ1v) is 26.2. The Morgan fingerprint density at radius 1 is 0.305 bits per heavy atom. The number of para-hydroxylation sites is 6. The monoisotopic (exact) mass is 1080 g/mol. The lowest BCUT2D eigenvalue weighted by atomic mass is 9.84. The molecule has 0 radical (unpaired) electrons. The lowest BCUT2D eigenvalue weighted by Crippen LogP contribution is -2.13. The number of rotatable bonds is 10. The summed E-state index contributed by atoms with van der Waals surface area (Å²) < 4.78 is 91.7. The highest BCUT2D eigenvalue weighted by molar-refractivity contribution is 6.14. The molecule has 0 atom stereocenters. The SMILES string of the molecule is N#Cc1c(-c2ccc(N(c3ccccc3)c3ccccc3)cc2)c(-c2ccc(N(c3ccccc3)c3ccccc3)cc2)c(C#N)c(-n2c3ccccc3c3cc(C(F)(F)F)ccc32)c1-n1c2ccccc2c2cc(C(F)(F)F)ccc21. The number of nitriles is 2. The van der Waals surface area contributed by atoms with Gasteiger partial charge in [0.05, 0.1) is 55.7 Å². The zero-order valence-electron chi connectivity index (χ0n) is 43.2. The molecule has 11 aromatic carbocycles. The number of anilines is 6. The first-order valence-electron chi connectivity index (χ1n) is 26.2. The Hall–Kier alpha value is -10.8. The normalized spacial score (nSPS) is 11.8. The second-order valence-corrected chi connectivity index (χ2v) is 19.7. The molecule has 0 aliphatic rings. The molecule has 2 aromatic heterocycles. The van der Waals surface area contributed by atoms with Gasteiger partial charge in [0.1, 0.15) is 12.1 Å². The Balaban J connectivity index is 1.18.